The molecule has 0 amide bonds. The van der Waals surface area contributed by atoms with Crippen LogP contribution in [0.3, 0.4) is 0 Å². The van der Waals surface area contributed by atoms with Gasteiger partial charge in [-0.05, 0) is 31.1 Å². The molecule has 2 N–H and O–H groups in total. The lowest BCUT2D eigenvalue weighted by atomic mass is 9.95. The molecule has 20 heavy (non-hydrogen) atoms. The van der Waals surface area contributed by atoms with E-state index in [1.54, 1.807) is 0 Å². The SMILES string of the molecule is c1ccc(-c2n[nH]nc2CNC2CC3CCC2C3)cc1. The van der Waals surface area contributed by atoms with Crippen molar-refractivity contribution in [2.45, 2.75) is 38.3 Å². The first-order chi connectivity index (χ1) is 9.90. The number of fused-ring (bicyclic) bond motifs is 2. The summed E-state index contributed by atoms with van der Waals surface area (Å²) in [7, 11) is 0. The van der Waals surface area contributed by atoms with Crippen molar-refractivity contribution in [1.29, 1.82) is 0 Å². The molecule has 2 bridgehead atoms. The largest absolute Gasteiger partial charge is 0.308 e. The Labute approximate surface area is 119 Å². The van der Waals surface area contributed by atoms with E-state index in [0.717, 1.165) is 35.3 Å². The van der Waals surface area contributed by atoms with Gasteiger partial charge in [0.25, 0.3) is 0 Å². The molecule has 4 heteroatoms. The Morgan fingerprint density at radius 2 is 2.00 bits per heavy atom. The summed E-state index contributed by atoms with van der Waals surface area (Å²) in [5.74, 6) is 1.87. The van der Waals surface area contributed by atoms with Crippen molar-refractivity contribution < 1.29 is 0 Å². The maximum atomic E-state index is 4.32. The lowest BCUT2D eigenvalue weighted by Crippen LogP contribution is -2.33. The standard InChI is InChI=1S/C16H20N4/c1-2-4-12(5-3-1)16-15(18-20-19-16)10-17-14-9-11-6-7-13(14)8-11/h1-5,11,13-14,17H,6-10H2,(H,18,19,20). The zero-order valence-corrected chi connectivity index (χ0v) is 11.5. The Hall–Kier alpha value is -1.68. The third-order valence-corrected chi connectivity index (χ3v) is 4.94. The van der Waals surface area contributed by atoms with Crippen LogP contribution in [-0.4, -0.2) is 21.5 Å². The summed E-state index contributed by atoms with van der Waals surface area (Å²) >= 11 is 0. The minimum absolute atomic E-state index is 0.689. The van der Waals surface area contributed by atoms with E-state index in [0.29, 0.717) is 6.04 Å². The summed E-state index contributed by atoms with van der Waals surface area (Å²) in [6, 6.07) is 11.0. The van der Waals surface area contributed by atoms with Crippen molar-refractivity contribution in [3.63, 3.8) is 0 Å². The van der Waals surface area contributed by atoms with Crippen LogP contribution >= 0.6 is 0 Å². The summed E-state index contributed by atoms with van der Waals surface area (Å²) in [4.78, 5) is 0. The van der Waals surface area contributed by atoms with Crippen LogP contribution in [0.15, 0.2) is 30.3 Å². The third kappa shape index (κ3) is 2.14. The quantitative estimate of drug-likeness (QED) is 0.896. The molecule has 1 heterocycles. The summed E-state index contributed by atoms with van der Waals surface area (Å²) in [6.07, 6.45) is 5.64. The van der Waals surface area contributed by atoms with Crippen LogP contribution in [0.4, 0.5) is 0 Å². The van der Waals surface area contributed by atoms with E-state index in [1.807, 2.05) is 18.2 Å². The van der Waals surface area contributed by atoms with Gasteiger partial charge < -0.3 is 5.32 Å². The molecule has 104 valence electrons. The Morgan fingerprint density at radius 1 is 1.10 bits per heavy atom. The number of H-pyrrole nitrogens is 1. The predicted molar refractivity (Wildman–Crippen MR) is 77.9 cm³/mol. The summed E-state index contributed by atoms with van der Waals surface area (Å²) in [6.45, 7) is 0.814. The molecule has 2 saturated carbocycles. The number of nitrogens with one attached hydrogen (secondary N) is 2. The molecule has 2 fully saturated rings. The van der Waals surface area contributed by atoms with Crippen molar-refractivity contribution in [1.82, 2.24) is 20.7 Å². The molecule has 0 spiro atoms. The molecule has 4 nitrogen and oxygen atoms in total. The molecule has 2 aliphatic rings. The minimum atomic E-state index is 0.689. The summed E-state index contributed by atoms with van der Waals surface area (Å²) < 4.78 is 0. The number of rotatable bonds is 4. The van der Waals surface area contributed by atoms with Crippen LogP contribution in [0.5, 0.6) is 0 Å². The van der Waals surface area contributed by atoms with E-state index >= 15 is 0 Å². The van der Waals surface area contributed by atoms with Crippen LogP contribution < -0.4 is 5.32 Å². The number of aromatic nitrogens is 3. The molecule has 1 aromatic carbocycles. The van der Waals surface area contributed by atoms with Crippen molar-refractivity contribution in [2.75, 3.05) is 0 Å². The lowest BCUT2D eigenvalue weighted by Gasteiger charge is -2.22. The second-order valence-electron chi connectivity index (χ2n) is 6.15. The zero-order chi connectivity index (χ0) is 13.4. The van der Waals surface area contributed by atoms with E-state index in [1.165, 1.54) is 25.7 Å². The van der Waals surface area contributed by atoms with E-state index < -0.39 is 0 Å². The lowest BCUT2D eigenvalue weighted by molar-refractivity contribution is 0.349. The van der Waals surface area contributed by atoms with Gasteiger partial charge in [0, 0.05) is 18.2 Å². The first-order valence-electron chi connectivity index (χ1n) is 7.58. The summed E-state index contributed by atoms with van der Waals surface area (Å²) in [5, 5.41) is 15.1. The molecule has 2 aromatic rings. The maximum Gasteiger partial charge on any atom is 0.117 e. The highest BCUT2D eigenvalue weighted by Gasteiger charge is 2.39. The van der Waals surface area contributed by atoms with Gasteiger partial charge in [-0.25, -0.2) is 0 Å². The normalized spacial score (nSPS) is 28.1. The van der Waals surface area contributed by atoms with Crippen LogP contribution in [0.1, 0.15) is 31.4 Å². The van der Waals surface area contributed by atoms with Gasteiger partial charge >= 0.3 is 0 Å². The number of hydrogen-bond acceptors (Lipinski definition) is 3. The second-order valence-corrected chi connectivity index (χ2v) is 6.15. The molecular formula is C16H20N4. The topological polar surface area (TPSA) is 53.6 Å². The molecule has 3 atom stereocenters. The molecule has 1 aromatic heterocycles. The molecular weight excluding hydrogens is 248 g/mol. The highest BCUT2D eigenvalue weighted by Crippen LogP contribution is 2.44. The predicted octanol–water partition coefficient (Wildman–Crippen LogP) is 2.75. The Bertz CT molecular complexity index is 577. The third-order valence-electron chi connectivity index (χ3n) is 4.94. The van der Waals surface area contributed by atoms with Crippen molar-refractivity contribution >= 4 is 0 Å². The van der Waals surface area contributed by atoms with Crippen LogP contribution in [0.2, 0.25) is 0 Å². The Morgan fingerprint density at radius 3 is 2.75 bits per heavy atom. The highest BCUT2D eigenvalue weighted by molar-refractivity contribution is 5.60. The Kier molecular flexibility index (Phi) is 3.03. The first-order valence-corrected chi connectivity index (χ1v) is 7.58. The number of benzene rings is 1. The van der Waals surface area contributed by atoms with E-state index in [9.17, 15) is 0 Å². The first kappa shape index (κ1) is 12.1. The zero-order valence-electron chi connectivity index (χ0n) is 11.5. The maximum absolute atomic E-state index is 4.32. The van der Waals surface area contributed by atoms with Crippen molar-refractivity contribution in [2.24, 2.45) is 11.8 Å². The van der Waals surface area contributed by atoms with Crippen molar-refractivity contribution in [3.8, 4) is 11.3 Å². The highest BCUT2D eigenvalue weighted by atomic mass is 15.3. The monoisotopic (exact) mass is 268 g/mol. The smallest absolute Gasteiger partial charge is 0.117 e. The Balaban J connectivity index is 1.46. The fourth-order valence-corrected chi connectivity index (χ4v) is 3.93. The second kappa shape index (κ2) is 5.02. The minimum Gasteiger partial charge on any atom is -0.308 e. The van der Waals surface area contributed by atoms with E-state index in [2.05, 4.69) is 32.9 Å². The van der Waals surface area contributed by atoms with Crippen molar-refractivity contribution in [3.05, 3.63) is 36.0 Å². The van der Waals surface area contributed by atoms with Gasteiger partial charge in [-0.1, -0.05) is 36.8 Å². The van der Waals surface area contributed by atoms with Crippen LogP contribution in [0, 0.1) is 11.8 Å². The molecule has 0 aliphatic heterocycles. The fraction of sp³-hybridized carbons (Fsp3) is 0.500. The van der Waals surface area contributed by atoms with Gasteiger partial charge in [-0.2, -0.15) is 15.4 Å². The number of aromatic amines is 1. The average Bonchev–Trinajstić information content (AvgIpc) is 3.22. The van der Waals surface area contributed by atoms with Gasteiger partial charge in [0.1, 0.15) is 11.4 Å². The molecule has 3 unspecified atom stereocenters. The molecule has 0 saturated heterocycles. The van der Waals surface area contributed by atoms with Gasteiger partial charge in [0.05, 0.1) is 0 Å². The van der Waals surface area contributed by atoms with Gasteiger partial charge in [-0.15, -0.1) is 0 Å². The number of hydrogen-bond donors (Lipinski definition) is 2. The summed E-state index contributed by atoms with van der Waals surface area (Å²) in [5.41, 5.74) is 3.13. The van der Waals surface area contributed by atoms with E-state index in [-0.39, 0.29) is 0 Å². The molecule has 2 aliphatic carbocycles. The van der Waals surface area contributed by atoms with Crippen LogP contribution in [0.25, 0.3) is 11.3 Å². The molecule has 0 radical (unpaired) electrons. The average molecular weight is 268 g/mol. The van der Waals surface area contributed by atoms with Gasteiger partial charge in [-0.3, -0.25) is 0 Å². The number of nitrogens with zero attached hydrogens (tertiary/aromatic N) is 2. The van der Waals surface area contributed by atoms with Gasteiger partial charge in [0.2, 0.25) is 0 Å². The van der Waals surface area contributed by atoms with Crippen LogP contribution in [-0.2, 0) is 6.54 Å². The van der Waals surface area contributed by atoms with Gasteiger partial charge in [0.15, 0.2) is 0 Å². The van der Waals surface area contributed by atoms with E-state index in [4.69, 9.17) is 0 Å². The molecule has 4 rings (SSSR count). The fourth-order valence-electron chi connectivity index (χ4n) is 3.93.